The van der Waals surface area contributed by atoms with E-state index in [4.69, 9.17) is 37.0 Å². The molecular formula is C81H158O17P2. The zero-order valence-corrected chi connectivity index (χ0v) is 67.5. The van der Waals surface area contributed by atoms with Gasteiger partial charge in [0.1, 0.15) is 19.3 Å². The van der Waals surface area contributed by atoms with Crippen molar-refractivity contribution in [3.63, 3.8) is 0 Å². The molecule has 0 bridgehead atoms. The van der Waals surface area contributed by atoms with E-state index in [9.17, 15) is 43.2 Å². The van der Waals surface area contributed by atoms with Crippen molar-refractivity contribution in [1.82, 2.24) is 0 Å². The lowest BCUT2D eigenvalue weighted by Crippen LogP contribution is -2.30. The maximum absolute atomic E-state index is 13.1. The molecule has 0 aliphatic carbocycles. The number of ether oxygens (including phenoxy) is 4. The van der Waals surface area contributed by atoms with Crippen LogP contribution in [0.15, 0.2) is 0 Å². The molecular weight excluding hydrogens is 1310 g/mol. The van der Waals surface area contributed by atoms with Crippen molar-refractivity contribution >= 4 is 39.5 Å². The first kappa shape index (κ1) is 98.1. The van der Waals surface area contributed by atoms with E-state index in [0.717, 1.165) is 108 Å². The molecule has 0 saturated heterocycles. The zero-order valence-electron chi connectivity index (χ0n) is 65.7. The quantitative estimate of drug-likeness (QED) is 0.0222. The zero-order chi connectivity index (χ0) is 73.7. The van der Waals surface area contributed by atoms with Crippen molar-refractivity contribution in [1.29, 1.82) is 0 Å². The fraction of sp³-hybridized carbons (Fsp3) is 0.951. The van der Waals surface area contributed by atoms with Gasteiger partial charge in [-0.1, -0.05) is 370 Å². The van der Waals surface area contributed by atoms with Crippen LogP contribution in [-0.4, -0.2) is 96.7 Å². The Bertz CT molecular complexity index is 1940. The molecule has 0 spiro atoms. The second-order valence-electron chi connectivity index (χ2n) is 30.6. The molecule has 0 radical (unpaired) electrons. The van der Waals surface area contributed by atoms with E-state index in [1.54, 1.807) is 0 Å². The molecule has 0 fully saturated rings. The van der Waals surface area contributed by atoms with Gasteiger partial charge in [-0.25, -0.2) is 9.13 Å². The molecule has 0 aromatic heterocycles. The minimum Gasteiger partial charge on any atom is -0.462 e. The standard InChI is InChI=1S/C81H158O17P2/c1-8-9-10-11-12-13-14-15-16-17-18-19-23-26-29-32-41-48-55-62-78(83)91-68-76(97-80(85)64-57-50-43-33-30-27-24-21-20-22-25-28-31-38-45-52-59-72(2)3)70-95-99(87,88)93-66-75(82)67-94-100(89,90)96-71-77(98-81(86)65-58-51-44-37-35-40-47-54-61-74(6)7)69-92-79(84)63-56-49-42-36-34-39-46-53-60-73(4)5/h72-77,82H,8-71H2,1-7H3,(H,87,88)(H,89,90)/t75-,76-,77-/m1/s1. The fourth-order valence-electron chi connectivity index (χ4n) is 12.5. The van der Waals surface area contributed by atoms with Crippen LogP contribution in [0.25, 0.3) is 0 Å². The Kier molecular flexibility index (Phi) is 69.9. The van der Waals surface area contributed by atoms with Gasteiger partial charge in [0.2, 0.25) is 0 Å². The summed E-state index contributed by atoms with van der Waals surface area (Å²) < 4.78 is 68.7. The van der Waals surface area contributed by atoms with Gasteiger partial charge in [0.15, 0.2) is 12.2 Å². The Morgan fingerprint density at radius 1 is 0.270 bits per heavy atom. The van der Waals surface area contributed by atoms with Crippen LogP contribution in [0.5, 0.6) is 0 Å². The van der Waals surface area contributed by atoms with Gasteiger partial charge in [0, 0.05) is 25.7 Å². The van der Waals surface area contributed by atoms with E-state index < -0.39 is 97.5 Å². The normalized spacial score (nSPS) is 14.0. The van der Waals surface area contributed by atoms with Crippen molar-refractivity contribution in [2.24, 2.45) is 17.8 Å². The van der Waals surface area contributed by atoms with Crippen molar-refractivity contribution in [3.8, 4) is 0 Å². The number of carbonyl (C=O) groups is 4. The molecule has 100 heavy (non-hydrogen) atoms. The molecule has 5 atom stereocenters. The Morgan fingerprint density at radius 2 is 0.460 bits per heavy atom. The lowest BCUT2D eigenvalue weighted by atomic mass is 10.0. The van der Waals surface area contributed by atoms with Gasteiger partial charge < -0.3 is 33.8 Å². The van der Waals surface area contributed by atoms with Gasteiger partial charge in [0.25, 0.3) is 0 Å². The SMILES string of the molecule is CCCCCCCCCCCCCCCCCCCCCC(=O)OC[C@H](COP(=O)(O)OC[C@@H](O)COP(=O)(O)OC[C@@H](COC(=O)CCCCCCCCCCC(C)C)OC(=O)CCCCCCCCCCC(C)C)OC(=O)CCCCCCCCCCCCCCCCCCC(C)C. The summed E-state index contributed by atoms with van der Waals surface area (Å²) in [5.74, 6) is 0.140. The Hall–Kier alpha value is -1.94. The predicted molar refractivity (Wildman–Crippen MR) is 409 cm³/mol. The third kappa shape index (κ3) is 74.3. The molecule has 0 aromatic carbocycles. The third-order valence-electron chi connectivity index (χ3n) is 18.9. The maximum atomic E-state index is 13.1. The van der Waals surface area contributed by atoms with E-state index in [-0.39, 0.29) is 25.7 Å². The van der Waals surface area contributed by atoms with Crippen molar-refractivity contribution in [2.75, 3.05) is 39.6 Å². The summed E-state index contributed by atoms with van der Waals surface area (Å²) >= 11 is 0. The van der Waals surface area contributed by atoms with Crippen LogP contribution in [0, 0.1) is 17.8 Å². The fourth-order valence-corrected chi connectivity index (χ4v) is 14.1. The molecule has 17 nitrogen and oxygen atoms in total. The monoisotopic (exact) mass is 1470 g/mol. The number of aliphatic hydroxyl groups is 1. The molecule has 0 rings (SSSR count). The molecule has 594 valence electrons. The van der Waals surface area contributed by atoms with Crippen LogP contribution in [0.2, 0.25) is 0 Å². The molecule has 0 saturated carbocycles. The maximum Gasteiger partial charge on any atom is 0.472 e. The van der Waals surface area contributed by atoms with Gasteiger partial charge >= 0.3 is 39.5 Å². The van der Waals surface area contributed by atoms with Crippen LogP contribution < -0.4 is 0 Å². The van der Waals surface area contributed by atoms with Gasteiger partial charge in [0.05, 0.1) is 26.4 Å². The summed E-state index contributed by atoms with van der Waals surface area (Å²) in [6.45, 7) is 11.9. The molecule has 19 heteroatoms. The number of hydrogen-bond acceptors (Lipinski definition) is 15. The minimum absolute atomic E-state index is 0.104. The molecule has 0 aliphatic rings. The Morgan fingerprint density at radius 3 is 0.680 bits per heavy atom. The van der Waals surface area contributed by atoms with E-state index in [1.807, 2.05) is 0 Å². The average molecular weight is 1470 g/mol. The first-order chi connectivity index (χ1) is 48.2. The van der Waals surface area contributed by atoms with E-state index in [0.29, 0.717) is 25.7 Å². The highest BCUT2D eigenvalue weighted by atomic mass is 31.2. The lowest BCUT2D eigenvalue weighted by molar-refractivity contribution is -0.161. The highest BCUT2D eigenvalue weighted by molar-refractivity contribution is 7.47. The smallest absolute Gasteiger partial charge is 0.462 e. The third-order valence-corrected chi connectivity index (χ3v) is 20.8. The number of hydrogen-bond donors (Lipinski definition) is 3. The first-order valence-electron chi connectivity index (χ1n) is 41.8. The number of phosphoric ester groups is 2. The number of phosphoric acid groups is 2. The van der Waals surface area contributed by atoms with Crippen molar-refractivity contribution in [2.45, 2.75) is 439 Å². The minimum atomic E-state index is -4.96. The summed E-state index contributed by atoms with van der Waals surface area (Å²) in [6.07, 6.45) is 59.9. The van der Waals surface area contributed by atoms with Gasteiger partial charge in [-0.05, 0) is 43.4 Å². The molecule has 2 unspecified atom stereocenters. The van der Waals surface area contributed by atoms with Crippen molar-refractivity contribution < 1.29 is 80.2 Å². The van der Waals surface area contributed by atoms with Crippen molar-refractivity contribution in [3.05, 3.63) is 0 Å². The lowest BCUT2D eigenvalue weighted by Gasteiger charge is -2.21. The van der Waals surface area contributed by atoms with Gasteiger partial charge in [-0.3, -0.25) is 37.3 Å². The topological polar surface area (TPSA) is 237 Å². The molecule has 3 N–H and O–H groups in total. The number of rotatable bonds is 79. The second kappa shape index (κ2) is 71.3. The van der Waals surface area contributed by atoms with Crippen LogP contribution >= 0.6 is 15.6 Å². The molecule has 0 amide bonds. The highest BCUT2D eigenvalue weighted by Crippen LogP contribution is 2.45. The molecule has 0 heterocycles. The second-order valence-corrected chi connectivity index (χ2v) is 33.5. The van der Waals surface area contributed by atoms with Crippen LogP contribution in [-0.2, 0) is 65.4 Å². The predicted octanol–water partition coefficient (Wildman–Crippen LogP) is 24.1. The number of aliphatic hydroxyl groups excluding tert-OH is 1. The summed E-state index contributed by atoms with van der Waals surface area (Å²) in [5, 5.41) is 10.6. The van der Waals surface area contributed by atoms with Gasteiger partial charge in [-0.2, -0.15) is 0 Å². The van der Waals surface area contributed by atoms with E-state index >= 15 is 0 Å². The largest absolute Gasteiger partial charge is 0.472 e. The summed E-state index contributed by atoms with van der Waals surface area (Å²) in [4.78, 5) is 73.0. The highest BCUT2D eigenvalue weighted by Gasteiger charge is 2.30. The Labute approximate surface area is 613 Å². The van der Waals surface area contributed by atoms with Crippen LogP contribution in [0.1, 0.15) is 421 Å². The summed E-state index contributed by atoms with van der Waals surface area (Å²) in [7, 11) is -9.92. The molecule has 0 aromatic rings. The number of carbonyl (C=O) groups excluding carboxylic acids is 4. The number of esters is 4. The molecule has 0 aliphatic heterocycles. The first-order valence-corrected chi connectivity index (χ1v) is 44.8. The van der Waals surface area contributed by atoms with Gasteiger partial charge in [-0.15, -0.1) is 0 Å². The number of unbranched alkanes of at least 4 members (excludes halogenated alkanes) is 47. The summed E-state index contributed by atoms with van der Waals surface area (Å²) in [5.41, 5.74) is 0. The summed E-state index contributed by atoms with van der Waals surface area (Å²) in [6, 6.07) is 0. The van der Waals surface area contributed by atoms with Crippen LogP contribution in [0.4, 0.5) is 0 Å². The average Bonchev–Trinajstić information content (AvgIpc) is 0.971. The van der Waals surface area contributed by atoms with Crippen LogP contribution in [0.3, 0.4) is 0 Å². The van der Waals surface area contributed by atoms with E-state index in [2.05, 4.69) is 48.5 Å². The van der Waals surface area contributed by atoms with E-state index in [1.165, 1.54) is 231 Å². The Balaban J connectivity index is 5.22.